The van der Waals surface area contributed by atoms with Crippen molar-refractivity contribution < 1.29 is 0 Å². The molecule has 3 rings (SSSR count). The van der Waals surface area contributed by atoms with Crippen LogP contribution in [-0.4, -0.2) is 33.8 Å². The molecule has 2 N–H and O–H groups in total. The molecule has 4 heteroatoms. The Hall–Kier alpha value is -0.870. The lowest BCUT2D eigenvalue weighted by molar-refractivity contribution is 0.248. The second kappa shape index (κ2) is 6.06. The first-order valence-corrected chi connectivity index (χ1v) is 7.85. The van der Waals surface area contributed by atoms with Crippen LogP contribution in [0, 0.1) is 0 Å². The van der Waals surface area contributed by atoms with E-state index < -0.39 is 0 Å². The van der Waals surface area contributed by atoms with Crippen LogP contribution in [0.25, 0.3) is 0 Å². The summed E-state index contributed by atoms with van der Waals surface area (Å²) >= 11 is 0. The zero-order valence-corrected chi connectivity index (χ0v) is 11.8. The Morgan fingerprint density at radius 2 is 2.05 bits per heavy atom. The molecule has 2 saturated carbocycles. The molecule has 0 aliphatic heterocycles. The summed E-state index contributed by atoms with van der Waals surface area (Å²) in [6.45, 7) is 2.92. The monoisotopic (exact) mass is 262 g/mol. The van der Waals surface area contributed by atoms with Gasteiger partial charge in [-0.25, -0.2) is 0 Å². The average Bonchev–Trinajstić information content (AvgIpc) is 2.93. The average molecular weight is 262 g/mol. The van der Waals surface area contributed by atoms with Crippen LogP contribution in [0.3, 0.4) is 0 Å². The van der Waals surface area contributed by atoms with Crippen molar-refractivity contribution >= 4 is 0 Å². The van der Waals surface area contributed by atoms with Crippen LogP contribution in [0.2, 0.25) is 0 Å². The molecule has 0 unspecified atom stereocenters. The maximum absolute atomic E-state index is 5.63. The molecule has 0 bridgehead atoms. The third-order valence-corrected chi connectivity index (χ3v) is 4.44. The van der Waals surface area contributed by atoms with E-state index in [0.29, 0.717) is 6.04 Å². The van der Waals surface area contributed by atoms with E-state index in [1.807, 2.05) is 0 Å². The minimum Gasteiger partial charge on any atom is -0.330 e. The van der Waals surface area contributed by atoms with Crippen molar-refractivity contribution in [1.29, 1.82) is 0 Å². The lowest BCUT2D eigenvalue weighted by Gasteiger charge is -2.20. The van der Waals surface area contributed by atoms with Crippen LogP contribution in [-0.2, 0) is 6.54 Å². The molecule has 0 radical (unpaired) electrons. The molecule has 1 aromatic heterocycles. The van der Waals surface area contributed by atoms with E-state index >= 15 is 0 Å². The Kier molecular flexibility index (Phi) is 4.18. The van der Waals surface area contributed by atoms with Gasteiger partial charge in [0.2, 0.25) is 0 Å². The third-order valence-electron chi connectivity index (χ3n) is 4.44. The Balaban J connectivity index is 1.58. The summed E-state index contributed by atoms with van der Waals surface area (Å²) < 4.78 is 2.20. The van der Waals surface area contributed by atoms with Gasteiger partial charge in [-0.3, -0.25) is 9.58 Å². The SMILES string of the molecule is NCCCN(Cc1ccn(C2CCCC2)n1)C1CC1. The van der Waals surface area contributed by atoms with E-state index in [-0.39, 0.29) is 0 Å². The summed E-state index contributed by atoms with van der Waals surface area (Å²) in [7, 11) is 0. The summed E-state index contributed by atoms with van der Waals surface area (Å²) in [6, 6.07) is 3.66. The van der Waals surface area contributed by atoms with Gasteiger partial charge in [0.15, 0.2) is 0 Å². The highest BCUT2D eigenvalue weighted by Crippen LogP contribution is 2.30. The van der Waals surface area contributed by atoms with Crippen LogP contribution in [0.15, 0.2) is 12.3 Å². The van der Waals surface area contributed by atoms with Gasteiger partial charge >= 0.3 is 0 Å². The molecule has 1 heterocycles. The van der Waals surface area contributed by atoms with Crippen molar-refractivity contribution in [3.05, 3.63) is 18.0 Å². The minimum atomic E-state index is 0.659. The summed E-state index contributed by atoms with van der Waals surface area (Å²) in [5, 5.41) is 4.79. The van der Waals surface area contributed by atoms with E-state index in [1.54, 1.807) is 0 Å². The molecular formula is C15H26N4. The van der Waals surface area contributed by atoms with Crippen molar-refractivity contribution in [1.82, 2.24) is 14.7 Å². The topological polar surface area (TPSA) is 47.1 Å². The van der Waals surface area contributed by atoms with Crippen LogP contribution in [0.5, 0.6) is 0 Å². The van der Waals surface area contributed by atoms with Gasteiger partial charge in [0.05, 0.1) is 11.7 Å². The first-order valence-electron chi connectivity index (χ1n) is 7.85. The lowest BCUT2D eigenvalue weighted by Crippen LogP contribution is -2.28. The second-order valence-corrected chi connectivity index (χ2v) is 6.07. The Labute approximate surface area is 116 Å². The van der Waals surface area contributed by atoms with Crippen molar-refractivity contribution in [2.75, 3.05) is 13.1 Å². The number of aromatic nitrogens is 2. The lowest BCUT2D eigenvalue weighted by atomic mass is 10.3. The van der Waals surface area contributed by atoms with Gasteiger partial charge < -0.3 is 5.73 Å². The molecule has 2 fully saturated rings. The van der Waals surface area contributed by atoms with Crippen molar-refractivity contribution in [2.24, 2.45) is 5.73 Å². The van der Waals surface area contributed by atoms with Crippen LogP contribution >= 0.6 is 0 Å². The van der Waals surface area contributed by atoms with Gasteiger partial charge in [-0.15, -0.1) is 0 Å². The zero-order chi connectivity index (χ0) is 13.1. The maximum atomic E-state index is 5.63. The van der Waals surface area contributed by atoms with Gasteiger partial charge in [-0.1, -0.05) is 12.8 Å². The fraction of sp³-hybridized carbons (Fsp3) is 0.800. The van der Waals surface area contributed by atoms with E-state index in [0.717, 1.165) is 32.1 Å². The molecule has 1 aromatic rings. The highest BCUT2D eigenvalue weighted by atomic mass is 15.3. The van der Waals surface area contributed by atoms with Crippen LogP contribution in [0.4, 0.5) is 0 Å². The predicted octanol–water partition coefficient (Wildman–Crippen LogP) is 2.31. The Morgan fingerprint density at radius 3 is 2.74 bits per heavy atom. The molecule has 0 amide bonds. The molecule has 19 heavy (non-hydrogen) atoms. The van der Waals surface area contributed by atoms with Gasteiger partial charge in [0.1, 0.15) is 0 Å². The first kappa shape index (κ1) is 13.1. The van der Waals surface area contributed by atoms with E-state index in [1.165, 1.54) is 44.2 Å². The van der Waals surface area contributed by atoms with Gasteiger partial charge in [0, 0.05) is 25.3 Å². The maximum Gasteiger partial charge on any atom is 0.0765 e. The first-order chi connectivity index (χ1) is 9.36. The summed E-state index contributed by atoms with van der Waals surface area (Å²) in [5.41, 5.74) is 6.86. The van der Waals surface area contributed by atoms with Gasteiger partial charge in [-0.05, 0) is 44.7 Å². The standard InChI is InChI=1S/C15H26N4/c16-9-3-10-18(14-6-7-14)12-13-8-11-19(17-13)15-4-1-2-5-15/h8,11,14-15H,1-7,9-10,12,16H2. The highest BCUT2D eigenvalue weighted by molar-refractivity contribution is 5.02. The fourth-order valence-corrected chi connectivity index (χ4v) is 3.17. The second-order valence-electron chi connectivity index (χ2n) is 6.07. The van der Waals surface area contributed by atoms with Gasteiger partial charge in [0.25, 0.3) is 0 Å². The van der Waals surface area contributed by atoms with Gasteiger partial charge in [-0.2, -0.15) is 5.10 Å². The number of rotatable bonds is 7. The molecule has 2 aliphatic carbocycles. The minimum absolute atomic E-state index is 0.659. The molecule has 0 aromatic carbocycles. The number of nitrogens with two attached hydrogens (primary N) is 1. The highest BCUT2D eigenvalue weighted by Gasteiger charge is 2.29. The molecule has 2 aliphatic rings. The van der Waals surface area contributed by atoms with E-state index in [2.05, 4.69) is 21.8 Å². The van der Waals surface area contributed by atoms with Crippen LogP contribution < -0.4 is 5.73 Å². The number of hydrogen-bond acceptors (Lipinski definition) is 3. The molecule has 0 saturated heterocycles. The molecule has 106 valence electrons. The summed E-state index contributed by atoms with van der Waals surface area (Å²) in [6.07, 6.45) is 11.3. The van der Waals surface area contributed by atoms with E-state index in [4.69, 9.17) is 10.8 Å². The fourth-order valence-electron chi connectivity index (χ4n) is 3.17. The molecule has 0 spiro atoms. The van der Waals surface area contributed by atoms with E-state index in [9.17, 15) is 0 Å². The summed E-state index contributed by atoms with van der Waals surface area (Å²) in [5.74, 6) is 0. The Morgan fingerprint density at radius 1 is 1.26 bits per heavy atom. The quantitative estimate of drug-likeness (QED) is 0.820. The smallest absolute Gasteiger partial charge is 0.0765 e. The molecule has 4 nitrogen and oxygen atoms in total. The van der Waals surface area contributed by atoms with Crippen LogP contribution in [0.1, 0.15) is 56.7 Å². The Bertz CT molecular complexity index is 391. The number of hydrogen-bond donors (Lipinski definition) is 1. The van der Waals surface area contributed by atoms with Crippen molar-refractivity contribution in [2.45, 2.75) is 63.6 Å². The summed E-state index contributed by atoms with van der Waals surface area (Å²) in [4.78, 5) is 2.56. The largest absolute Gasteiger partial charge is 0.330 e. The molecule has 0 atom stereocenters. The third kappa shape index (κ3) is 3.37. The van der Waals surface area contributed by atoms with Crippen molar-refractivity contribution in [3.8, 4) is 0 Å². The number of nitrogens with zero attached hydrogens (tertiary/aromatic N) is 3. The van der Waals surface area contributed by atoms with Crippen molar-refractivity contribution in [3.63, 3.8) is 0 Å². The normalized spacial score (nSPS) is 20.5. The molecular weight excluding hydrogens is 236 g/mol. The zero-order valence-electron chi connectivity index (χ0n) is 11.8. The predicted molar refractivity (Wildman–Crippen MR) is 76.8 cm³/mol.